The number of aliphatic hydroxyl groups is 1. The molecule has 102 heavy (non-hydrogen) atoms. The molecule has 0 aliphatic carbocycles. The maximum absolute atomic E-state index is 13.1. The second-order valence-electron chi connectivity index (χ2n) is 26.0. The van der Waals surface area contributed by atoms with E-state index in [1.165, 1.54) is 89.9 Å². The molecule has 0 aromatic heterocycles. The van der Waals surface area contributed by atoms with Gasteiger partial charge in [-0.15, -0.1) is 0 Å². The number of carbonyl (C=O) groups excluding carboxylic acids is 4. The fourth-order valence-corrected chi connectivity index (χ4v) is 11.6. The van der Waals surface area contributed by atoms with Crippen molar-refractivity contribution in [3.63, 3.8) is 0 Å². The molecule has 3 N–H and O–H groups in total. The van der Waals surface area contributed by atoms with E-state index >= 15 is 0 Å². The summed E-state index contributed by atoms with van der Waals surface area (Å²) >= 11 is 0. The summed E-state index contributed by atoms with van der Waals surface area (Å²) in [6.45, 7) is 4.63. The lowest BCUT2D eigenvalue weighted by Crippen LogP contribution is -2.30. The molecule has 0 radical (unpaired) electrons. The average Bonchev–Trinajstić information content (AvgIpc) is 0.939. The van der Waals surface area contributed by atoms with Gasteiger partial charge in [-0.25, -0.2) is 9.13 Å². The van der Waals surface area contributed by atoms with Gasteiger partial charge in [-0.05, 0) is 154 Å². The normalized spacial score (nSPS) is 14.6. The van der Waals surface area contributed by atoms with Crippen LogP contribution in [0.25, 0.3) is 0 Å². The molecule has 0 fully saturated rings. The van der Waals surface area contributed by atoms with Crippen LogP contribution >= 0.6 is 15.6 Å². The van der Waals surface area contributed by atoms with Gasteiger partial charge in [0.15, 0.2) is 12.2 Å². The predicted molar refractivity (Wildman–Crippen MR) is 418 cm³/mol. The minimum absolute atomic E-state index is 0.0615. The van der Waals surface area contributed by atoms with Crippen molar-refractivity contribution in [1.82, 2.24) is 0 Å². The zero-order valence-corrected chi connectivity index (χ0v) is 65.5. The molecule has 0 aromatic carbocycles. The molecule has 19 heteroatoms. The Kier molecular flexibility index (Phi) is 71.0. The van der Waals surface area contributed by atoms with Crippen LogP contribution in [0.15, 0.2) is 134 Å². The number of phosphoric acid groups is 2. The molecule has 0 heterocycles. The van der Waals surface area contributed by atoms with Crippen molar-refractivity contribution in [2.45, 2.75) is 329 Å². The number of phosphoric ester groups is 2. The third kappa shape index (κ3) is 73.5. The van der Waals surface area contributed by atoms with E-state index in [9.17, 15) is 43.2 Å². The summed E-state index contributed by atoms with van der Waals surface area (Å²) in [5, 5.41) is 10.6. The van der Waals surface area contributed by atoms with Crippen LogP contribution in [0.4, 0.5) is 0 Å². The molecular weight excluding hydrogens is 1330 g/mol. The summed E-state index contributed by atoms with van der Waals surface area (Å²) in [7, 11) is -10.00. The number of unbranched alkanes of at least 4 members (excludes halogenated alkanes) is 26. The Balaban J connectivity index is 5.47. The molecule has 0 bridgehead atoms. The maximum atomic E-state index is 13.1. The van der Waals surface area contributed by atoms with Gasteiger partial charge in [0, 0.05) is 25.7 Å². The predicted octanol–water partition coefficient (Wildman–Crippen LogP) is 22.9. The highest BCUT2D eigenvalue weighted by molar-refractivity contribution is 7.47. The molecule has 2 unspecified atom stereocenters. The molecule has 5 atom stereocenters. The van der Waals surface area contributed by atoms with Crippen LogP contribution < -0.4 is 0 Å². The van der Waals surface area contributed by atoms with Gasteiger partial charge in [0.05, 0.1) is 26.4 Å². The van der Waals surface area contributed by atoms with Crippen molar-refractivity contribution < 1.29 is 80.2 Å². The Bertz CT molecular complexity index is 2460. The fourth-order valence-electron chi connectivity index (χ4n) is 10.0. The van der Waals surface area contributed by atoms with Gasteiger partial charge in [0.1, 0.15) is 19.3 Å². The lowest BCUT2D eigenvalue weighted by atomic mass is 10.1. The van der Waals surface area contributed by atoms with Crippen LogP contribution in [-0.2, 0) is 65.4 Å². The van der Waals surface area contributed by atoms with Crippen molar-refractivity contribution in [1.29, 1.82) is 0 Å². The number of rotatable bonds is 73. The van der Waals surface area contributed by atoms with E-state index in [0.717, 1.165) is 128 Å². The van der Waals surface area contributed by atoms with Crippen LogP contribution in [0.3, 0.4) is 0 Å². The molecule has 0 aromatic rings. The highest BCUT2D eigenvalue weighted by Crippen LogP contribution is 2.45. The Hall–Kier alpha value is -4.80. The van der Waals surface area contributed by atoms with Crippen molar-refractivity contribution in [2.24, 2.45) is 0 Å². The molecule has 0 aliphatic rings. The zero-order chi connectivity index (χ0) is 74.6. The largest absolute Gasteiger partial charge is 0.472 e. The Labute approximate surface area is 618 Å². The van der Waals surface area contributed by atoms with Crippen LogP contribution in [-0.4, -0.2) is 96.7 Å². The van der Waals surface area contributed by atoms with E-state index in [0.29, 0.717) is 38.5 Å². The molecule has 0 saturated carbocycles. The van der Waals surface area contributed by atoms with Gasteiger partial charge < -0.3 is 33.8 Å². The topological polar surface area (TPSA) is 237 Å². The van der Waals surface area contributed by atoms with E-state index in [1.54, 1.807) is 0 Å². The number of allylic oxidation sites excluding steroid dienone is 22. The number of ether oxygens (including phenoxy) is 4. The van der Waals surface area contributed by atoms with E-state index in [4.69, 9.17) is 37.0 Å². The summed E-state index contributed by atoms with van der Waals surface area (Å²) < 4.78 is 68.4. The average molecular weight is 1470 g/mol. The first-order valence-electron chi connectivity index (χ1n) is 39.4. The Morgan fingerprint density at radius 1 is 0.284 bits per heavy atom. The van der Waals surface area contributed by atoms with E-state index in [2.05, 4.69) is 137 Å². The maximum Gasteiger partial charge on any atom is 0.472 e. The summed E-state index contributed by atoms with van der Waals surface area (Å²) in [5.74, 6) is -2.33. The van der Waals surface area contributed by atoms with E-state index in [-0.39, 0.29) is 25.7 Å². The van der Waals surface area contributed by atoms with E-state index in [1.807, 2.05) is 24.3 Å². The standard InChI is InChI=1S/C83H140O17P2/c1-5-9-13-17-21-25-29-33-36-38-41-44-47-51-55-59-63-67-80(85)93-73-78(99-82(87)69-65-61-57-53-49-43-32-28-24-20-16-12-8-4)75-97-101(89,90)95-71-77(84)72-96-102(91,92)98-76-79(100-83(88)70-66-62-58-54-50-46-40-35-31-27-23-19-15-11-7-3)74-94-81(86)68-64-60-56-52-48-45-42-39-37-34-30-26-22-18-14-10-6-2/h21-22,25-28,31-37,40-42,44-45,51-52,55-56,77-79,84H,5-20,23-24,29-30,38-39,43,46-50,53-54,57-76H2,1-4H3,(H,89,90)(H,91,92)/b25-21-,26-22-,31-27-,32-28-,36-33-,37-34-,40-35-,44-41-,45-42-,55-51-,56-52-/t77-,78+,79+/m0/s1. The minimum atomic E-state index is -5.00. The van der Waals surface area contributed by atoms with Crippen molar-refractivity contribution in [3.8, 4) is 0 Å². The summed E-state index contributed by atoms with van der Waals surface area (Å²) in [6, 6.07) is 0. The second kappa shape index (κ2) is 74.5. The van der Waals surface area contributed by atoms with Crippen molar-refractivity contribution in [2.75, 3.05) is 39.6 Å². The first-order valence-corrected chi connectivity index (χ1v) is 42.4. The quantitative estimate of drug-likeness (QED) is 0.0128. The number of hydrogen-bond acceptors (Lipinski definition) is 15. The molecule has 584 valence electrons. The number of carbonyl (C=O) groups is 4. The molecule has 17 nitrogen and oxygen atoms in total. The van der Waals surface area contributed by atoms with Gasteiger partial charge in [0.25, 0.3) is 0 Å². The highest BCUT2D eigenvalue weighted by atomic mass is 31.2. The first kappa shape index (κ1) is 97.2. The van der Waals surface area contributed by atoms with Gasteiger partial charge in [0.2, 0.25) is 0 Å². The minimum Gasteiger partial charge on any atom is -0.462 e. The molecule has 0 spiro atoms. The van der Waals surface area contributed by atoms with E-state index < -0.39 is 97.5 Å². The lowest BCUT2D eigenvalue weighted by molar-refractivity contribution is -0.161. The molecule has 0 rings (SSSR count). The third-order valence-corrected chi connectivity index (χ3v) is 18.0. The van der Waals surface area contributed by atoms with Crippen LogP contribution in [0.5, 0.6) is 0 Å². The lowest BCUT2D eigenvalue weighted by Gasteiger charge is -2.21. The van der Waals surface area contributed by atoms with Crippen LogP contribution in [0, 0.1) is 0 Å². The molecular formula is C83H140O17P2. The number of hydrogen-bond donors (Lipinski definition) is 3. The first-order chi connectivity index (χ1) is 49.7. The molecule has 0 saturated heterocycles. The number of esters is 4. The van der Waals surface area contributed by atoms with Crippen molar-refractivity contribution in [3.05, 3.63) is 134 Å². The fraction of sp³-hybridized carbons (Fsp3) is 0.687. The molecule has 0 amide bonds. The zero-order valence-electron chi connectivity index (χ0n) is 63.7. The third-order valence-electron chi connectivity index (χ3n) is 16.1. The Morgan fingerprint density at radius 2 is 0.520 bits per heavy atom. The summed E-state index contributed by atoms with van der Waals surface area (Å²) in [4.78, 5) is 72.9. The van der Waals surface area contributed by atoms with Crippen LogP contribution in [0.2, 0.25) is 0 Å². The van der Waals surface area contributed by atoms with Gasteiger partial charge in [-0.2, -0.15) is 0 Å². The number of aliphatic hydroxyl groups excluding tert-OH is 1. The highest BCUT2D eigenvalue weighted by Gasteiger charge is 2.30. The van der Waals surface area contributed by atoms with Gasteiger partial charge >= 0.3 is 39.5 Å². The molecule has 0 aliphatic heterocycles. The summed E-state index contributed by atoms with van der Waals surface area (Å²) in [6.07, 6.45) is 83.0. The SMILES string of the molecule is CCCCC/C=C\C/C=C\C/C=C\C/C=C\CCCC(=O)OC[C@H](COP(=O)(O)OC[C@@H](O)COP(=O)(O)OC[C@@H](COC(=O)CCC/C=C\C/C=C\C/C=C\C/C=C\CCCCC)OC(=O)CCCCCCC/C=C\CCCCCC)OC(=O)CCCCCCC/C=C\C=C/CCCCCC. The van der Waals surface area contributed by atoms with Crippen LogP contribution in [0.1, 0.15) is 310 Å². The Morgan fingerprint density at radius 3 is 0.853 bits per heavy atom. The monoisotopic (exact) mass is 1470 g/mol. The second-order valence-corrected chi connectivity index (χ2v) is 28.9. The summed E-state index contributed by atoms with van der Waals surface area (Å²) in [5.41, 5.74) is 0. The smallest absolute Gasteiger partial charge is 0.462 e. The van der Waals surface area contributed by atoms with Gasteiger partial charge in [-0.1, -0.05) is 264 Å². The van der Waals surface area contributed by atoms with Crippen molar-refractivity contribution >= 4 is 39.5 Å². The van der Waals surface area contributed by atoms with Gasteiger partial charge in [-0.3, -0.25) is 37.3 Å².